The highest BCUT2D eigenvalue weighted by molar-refractivity contribution is 8.03. The van der Waals surface area contributed by atoms with Crippen molar-refractivity contribution in [3.8, 4) is 56.4 Å². The molecule has 1 aliphatic heterocycles. The fourth-order valence-electron chi connectivity index (χ4n) is 6.85. The minimum atomic E-state index is 0.346. The Kier molecular flexibility index (Phi) is 7.56. The predicted octanol–water partition coefficient (Wildman–Crippen LogP) is 11.8. The average molecular weight is 646 g/mol. The molecule has 3 nitrogen and oxygen atoms in total. The normalized spacial score (nSPS) is 14.8. The maximum absolute atomic E-state index is 4.99. The molecule has 49 heavy (non-hydrogen) atoms. The third-order valence-electron chi connectivity index (χ3n) is 9.31. The van der Waals surface area contributed by atoms with Crippen LogP contribution in [0.1, 0.15) is 23.5 Å². The van der Waals surface area contributed by atoms with E-state index in [4.69, 9.17) is 15.0 Å². The van der Waals surface area contributed by atoms with Crippen molar-refractivity contribution in [2.24, 2.45) is 0 Å². The van der Waals surface area contributed by atoms with Gasteiger partial charge in [0.1, 0.15) is 0 Å². The highest BCUT2D eigenvalue weighted by Gasteiger charge is 2.33. The highest BCUT2D eigenvalue weighted by atomic mass is 32.2. The smallest absolute Gasteiger partial charge is 0.164 e. The SMILES string of the molecule is C1=CC(c2cccc(-c3nc(-c4ccccc4)nc(-c4ccccc4)n3)c2)=C2Sc3c(-c4ccc(-c5ccccc5)cc4)cccc3C2C1. The summed E-state index contributed by atoms with van der Waals surface area (Å²) < 4.78 is 0. The lowest BCUT2D eigenvalue weighted by atomic mass is 9.86. The Bertz CT molecular complexity index is 2310. The monoisotopic (exact) mass is 645 g/mol. The fourth-order valence-corrected chi connectivity index (χ4v) is 8.35. The van der Waals surface area contributed by atoms with Crippen LogP contribution in [0.4, 0.5) is 0 Å². The number of aromatic nitrogens is 3. The number of fused-ring (bicyclic) bond motifs is 3. The molecule has 1 unspecified atom stereocenters. The van der Waals surface area contributed by atoms with Crippen molar-refractivity contribution in [2.75, 3.05) is 0 Å². The molecule has 0 bridgehead atoms. The largest absolute Gasteiger partial charge is 0.208 e. The maximum atomic E-state index is 4.99. The molecule has 0 fully saturated rings. The summed E-state index contributed by atoms with van der Waals surface area (Å²) in [7, 11) is 0. The summed E-state index contributed by atoms with van der Waals surface area (Å²) >= 11 is 1.93. The van der Waals surface area contributed by atoms with Crippen molar-refractivity contribution < 1.29 is 0 Å². The Morgan fingerprint density at radius 3 is 1.61 bits per heavy atom. The quantitative estimate of drug-likeness (QED) is 0.180. The zero-order valence-corrected chi connectivity index (χ0v) is 27.5. The molecular formula is C45H31N3S. The van der Waals surface area contributed by atoms with Crippen LogP contribution in [0.3, 0.4) is 0 Å². The summed E-state index contributed by atoms with van der Waals surface area (Å²) in [6.45, 7) is 0. The van der Waals surface area contributed by atoms with E-state index >= 15 is 0 Å². The molecule has 1 atom stereocenters. The van der Waals surface area contributed by atoms with Gasteiger partial charge >= 0.3 is 0 Å². The second-order valence-electron chi connectivity index (χ2n) is 12.4. The number of benzene rings is 6. The predicted molar refractivity (Wildman–Crippen MR) is 203 cm³/mol. The second-order valence-corrected chi connectivity index (χ2v) is 13.4. The molecule has 4 heteroatoms. The highest BCUT2D eigenvalue weighted by Crippen LogP contribution is 2.57. The van der Waals surface area contributed by atoms with Crippen molar-refractivity contribution in [1.82, 2.24) is 15.0 Å². The van der Waals surface area contributed by atoms with E-state index in [2.05, 4.69) is 109 Å². The van der Waals surface area contributed by atoms with Crippen molar-refractivity contribution in [2.45, 2.75) is 17.2 Å². The van der Waals surface area contributed by atoms with Crippen molar-refractivity contribution in [3.63, 3.8) is 0 Å². The molecule has 0 N–H and O–H groups in total. The first-order valence-electron chi connectivity index (χ1n) is 16.6. The lowest BCUT2D eigenvalue weighted by Gasteiger charge is -2.19. The van der Waals surface area contributed by atoms with Gasteiger partial charge in [-0.1, -0.05) is 176 Å². The molecular weight excluding hydrogens is 615 g/mol. The fraction of sp³-hybridized carbons (Fsp3) is 0.0444. The Morgan fingerprint density at radius 2 is 0.959 bits per heavy atom. The molecule has 232 valence electrons. The van der Waals surface area contributed by atoms with Crippen LogP contribution < -0.4 is 0 Å². The summed E-state index contributed by atoms with van der Waals surface area (Å²) in [5.74, 6) is 2.35. The van der Waals surface area contributed by atoms with Gasteiger partial charge in [0.25, 0.3) is 0 Å². The van der Waals surface area contributed by atoms with E-state index in [9.17, 15) is 0 Å². The molecule has 9 rings (SSSR count). The number of hydrogen-bond acceptors (Lipinski definition) is 4. The molecule has 0 amide bonds. The molecule has 2 aliphatic rings. The van der Waals surface area contributed by atoms with Crippen LogP contribution in [0, 0.1) is 0 Å². The summed E-state index contributed by atoms with van der Waals surface area (Å²) in [5, 5.41) is 0. The Balaban J connectivity index is 1.09. The molecule has 6 aromatic carbocycles. The molecule has 0 spiro atoms. The van der Waals surface area contributed by atoms with E-state index < -0.39 is 0 Å². The summed E-state index contributed by atoms with van der Waals surface area (Å²) in [5.41, 5.74) is 11.8. The number of allylic oxidation sites excluding steroid dienone is 4. The van der Waals surface area contributed by atoms with Gasteiger partial charge < -0.3 is 0 Å². The molecule has 1 aromatic heterocycles. The van der Waals surface area contributed by atoms with Gasteiger partial charge in [-0.15, -0.1) is 0 Å². The minimum absolute atomic E-state index is 0.346. The number of rotatable bonds is 6. The first-order valence-corrected chi connectivity index (χ1v) is 17.5. The van der Waals surface area contributed by atoms with Gasteiger partial charge in [0.05, 0.1) is 0 Å². The van der Waals surface area contributed by atoms with Gasteiger partial charge in [-0.05, 0) is 51.4 Å². The van der Waals surface area contributed by atoms with Gasteiger partial charge in [0.2, 0.25) is 0 Å². The van der Waals surface area contributed by atoms with E-state index in [1.54, 1.807) is 0 Å². The maximum Gasteiger partial charge on any atom is 0.164 e. The van der Waals surface area contributed by atoms with Crippen molar-refractivity contribution in [3.05, 3.63) is 186 Å². The molecule has 7 aromatic rings. The van der Waals surface area contributed by atoms with E-state index in [0.29, 0.717) is 23.4 Å². The standard InChI is InChI=1S/C45H31N3S/c1-4-13-30(14-5-1)31-25-27-32(28-26-31)37-21-11-23-39-40-24-12-22-38(42(40)49-41(37)39)35-19-10-20-36(29-35)45-47-43(33-15-6-2-7-16-33)46-44(48-45)34-17-8-3-9-18-34/h1-23,25-29,40H,24H2. The lowest BCUT2D eigenvalue weighted by molar-refractivity contribution is 0.841. The molecule has 0 radical (unpaired) electrons. The van der Waals surface area contributed by atoms with E-state index in [0.717, 1.165) is 23.1 Å². The van der Waals surface area contributed by atoms with E-state index in [1.807, 2.05) is 72.4 Å². The Labute approximate surface area is 290 Å². The van der Waals surface area contributed by atoms with Crippen LogP contribution in [-0.4, -0.2) is 15.0 Å². The Morgan fingerprint density at radius 1 is 0.449 bits per heavy atom. The summed E-state index contributed by atoms with van der Waals surface area (Å²) in [6, 6.07) is 55.3. The van der Waals surface area contributed by atoms with Gasteiger partial charge in [0, 0.05) is 32.4 Å². The van der Waals surface area contributed by atoms with Crippen LogP contribution in [0.15, 0.2) is 180 Å². The molecule has 0 saturated heterocycles. The first-order chi connectivity index (χ1) is 24.3. The van der Waals surface area contributed by atoms with Crippen molar-refractivity contribution >= 4 is 17.3 Å². The number of nitrogens with zero attached hydrogens (tertiary/aromatic N) is 3. The minimum Gasteiger partial charge on any atom is -0.208 e. The first kappa shape index (κ1) is 29.3. The summed E-state index contributed by atoms with van der Waals surface area (Å²) in [6.07, 6.45) is 5.64. The number of thioether (sulfide) groups is 1. The molecule has 0 saturated carbocycles. The topological polar surface area (TPSA) is 38.7 Å². The zero-order valence-electron chi connectivity index (χ0n) is 26.7. The molecule has 2 heterocycles. The third kappa shape index (κ3) is 5.60. The van der Waals surface area contributed by atoms with Crippen LogP contribution in [0.25, 0.3) is 62.0 Å². The lowest BCUT2D eigenvalue weighted by Crippen LogP contribution is -2.02. The van der Waals surface area contributed by atoms with Crippen LogP contribution in [-0.2, 0) is 0 Å². The van der Waals surface area contributed by atoms with Crippen molar-refractivity contribution in [1.29, 1.82) is 0 Å². The number of hydrogen-bond donors (Lipinski definition) is 0. The average Bonchev–Trinajstić information content (AvgIpc) is 3.58. The van der Waals surface area contributed by atoms with Crippen LogP contribution in [0.5, 0.6) is 0 Å². The van der Waals surface area contributed by atoms with E-state index in [-0.39, 0.29) is 0 Å². The van der Waals surface area contributed by atoms with Crippen LogP contribution >= 0.6 is 11.8 Å². The molecule has 1 aliphatic carbocycles. The van der Waals surface area contributed by atoms with E-state index in [1.165, 1.54) is 48.8 Å². The zero-order chi connectivity index (χ0) is 32.6. The van der Waals surface area contributed by atoms with Gasteiger partial charge in [-0.25, -0.2) is 15.0 Å². The van der Waals surface area contributed by atoms with Gasteiger partial charge in [-0.3, -0.25) is 0 Å². The third-order valence-corrected chi connectivity index (χ3v) is 10.7. The van der Waals surface area contributed by atoms with Crippen LogP contribution in [0.2, 0.25) is 0 Å². The van der Waals surface area contributed by atoms with Gasteiger partial charge in [0.15, 0.2) is 17.5 Å². The van der Waals surface area contributed by atoms with Gasteiger partial charge in [-0.2, -0.15) is 0 Å². The second kappa shape index (κ2) is 12.6. The Hall–Kier alpha value is -5.84. The summed E-state index contributed by atoms with van der Waals surface area (Å²) in [4.78, 5) is 17.6.